The fraction of sp³-hybridized carbons (Fsp3) is 0.455. The Morgan fingerprint density at radius 2 is 2.41 bits per heavy atom. The number of hydrogen-bond acceptors (Lipinski definition) is 6. The lowest BCUT2D eigenvalue weighted by atomic mass is 10.2. The maximum absolute atomic E-state index is 5.42. The summed E-state index contributed by atoms with van der Waals surface area (Å²) in [5.41, 5.74) is 0.993. The van der Waals surface area contributed by atoms with Gasteiger partial charge in [-0.25, -0.2) is 9.97 Å². The second-order valence-corrected chi connectivity index (χ2v) is 4.96. The minimum atomic E-state index is 0.194. The fourth-order valence-electron chi connectivity index (χ4n) is 2.11. The number of anilines is 1. The fourth-order valence-corrected chi connectivity index (χ4v) is 2.91. The van der Waals surface area contributed by atoms with Crippen LogP contribution in [-0.4, -0.2) is 42.3 Å². The molecule has 5 nitrogen and oxygen atoms in total. The predicted molar refractivity (Wildman–Crippen MR) is 68.5 cm³/mol. The third kappa shape index (κ3) is 1.99. The number of hydrogen-bond donors (Lipinski definition) is 2. The van der Waals surface area contributed by atoms with E-state index < -0.39 is 0 Å². The first-order valence-corrected chi connectivity index (χ1v) is 6.44. The van der Waals surface area contributed by atoms with E-state index in [1.54, 1.807) is 24.8 Å². The summed E-state index contributed by atoms with van der Waals surface area (Å²) < 4.78 is 6.53. The van der Waals surface area contributed by atoms with Gasteiger partial charge < -0.3 is 15.4 Å². The molecule has 1 saturated heterocycles. The van der Waals surface area contributed by atoms with Gasteiger partial charge in [-0.2, -0.15) is 0 Å². The van der Waals surface area contributed by atoms with Crippen LogP contribution in [0, 0.1) is 0 Å². The molecular formula is C11H14N4OS. The summed E-state index contributed by atoms with van der Waals surface area (Å²) >= 11 is 1.66. The van der Waals surface area contributed by atoms with Crippen LogP contribution in [0.3, 0.4) is 0 Å². The molecule has 0 bridgehead atoms. The van der Waals surface area contributed by atoms with Crippen molar-refractivity contribution in [2.45, 2.75) is 12.1 Å². The minimum Gasteiger partial charge on any atom is -0.378 e. The van der Waals surface area contributed by atoms with Gasteiger partial charge in [-0.05, 0) is 11.4 Å². The smallest absolute Gasteiger partial charge is 0.147 e. The number of nitrogens with zero attached hydrogens (tertiary/aromatic N) is 2. The lowest BCUT2D eigenvalue weighted by Gasteiger charge is -2.19. The van der Waals surface area contributed by atoms with Gasteiger partial charge in [0.1, 0.15) is 12.1 Å². The van der Waals surface area contributed by atoms with Crippen LogP contribution in [0.5, 0.6) is 0 Å². The van der Waals surface area contributed by atoms with E-state index in [1.807, 2.05) is 11.4 Å². The number of ether oxygens (including phenoxy) is 1. The van der Waals surface area contributed by atoms with Crippen molar-refractivity contribution in [2.24, 2.45) is 0 Å². The molecule has 2 atom stereocenters. The Balaban J connectivity index is 1.87. The van der Waals surface area contributed by atoms with Crippen molar-refractivity contribution in [3.8, 4) is 0 Å². The first kappa shape index (κ1) is 10.9. The Kier molecular flexibility index (Phi) is 2.92. The van der Waals surface area contributed by atoms with Crippen molar-refractivity contribution >= 4 is 27.4 Å². The Bertz CT molecular complexity index is 515. The Morgan fingerprint density at radius 1 is 1.47 bits per heavy atom. The summed E-state index contributed by atoms with van der Waals surface area (Å²) in [6.07, 6.45) is 1.79. The molecule has 6 heteroatoms. The van der Waals surface area contributed by atoms with E-state index in [2.05, 4.69) is 20.6 Å². The van der Waals surface area contributed by atoms with E-state index in [9.17, 15) is 0 Å². The molecule has 3 heterocycles. The highest BCUT2D eigenvalue weighted by Gasteiger charge is 2.27. The van der Waals surface area contributed by atoms with Gasteiger partial charge in [0.2, 0.25) is 0 Å². The van der Waals surface area contributed by atoms with Gasteiger partial charge in [-0.1, -0.05) is 0 Å². The van der Waals surface area contributed by atoms with Crippen molar-refractivity contribution in [3.63, 3.8) is 0 Å². The molecule has 0 radical (unpaired) electrons. The number of nitrogens with one attached hydrogen (secondary N) is 2. The normalized spacial score (nSPS) is 24.3. The molecule has 0 aliphatic carbocycles. The molecule has 1 fully saturated rings. The zero-order valence-electron chi connectivity index (χ0n) is 9.51. The molecule has 17 heavy (non-hydrogen) atoms. The number of methoxy groups -OCH3 is 1. The monoisotopic (exact) mass is 250 g/mol. The molecule has 1 aliphatic rings. The zero-order chi connectivity index (χ0) is 11.7. The summed E-state index contributed by atoms with van der Waals surface area (Å²) in [6.45, 7) is 1.78. The molecule has 2 aromatic heterocycles. The SMILES string of the molecule is CO[C@H]1CNCC1Nc1ncnc2ccsc12. The number of aromatic nitrogens is 2. The maximum Gasteiger partial charge on any atom is 0.147 e. The van der Waals surface area contributed by atoms with Crippen LogP contribution in [0.25, 0.3) is 10.2 Å². The van der Waals surface area contributed by atoms with E-state index in [0.29, 0.717) is 0 Å². The van der Waals surface area contributed by atoms with Gasteiger partial charge in [0.25, 0.3) is 0 Å². The van der Waals surface area contributed by atoms with Crippen molar-refractivity contribution in [3.05, 3.63) is 17.8 Å². The van der Waals surface area contributed by atoms with E-state index >= 15 is 0 Å². The summed E-state index contributed by atoms with van der Waals surface area (Å²) in [6, 6.07) is 2.27. The molecule has 3 rings (SSSR count). The van der Waals surface area contributed by atoms with Crippen molar-refractivity contribution in [2.75, 3.05) is 25.5 Å². The molecule has 0 amide bonds. The first-order chi connectivity index (χ1) is 8.38. The summed E-state index contributed by atoms with van der Waals surface area (Å²) in [7, 11) is 1.74. The van der Waals surface area contributed by atoms with Crippen LogP contribution >= 0.6 is 11.3 Å². The molecule has 1 aliphatic heterocycles. The molecule has 2 N–H and O–H groups in total. The molecule has 90 valence electrons. The topological polar surface area (TPSA) is 59.1 Å². The van der Waals surface area contributed by atoms with E-state index in [0.717, 1.165) is 29.1 Å². The molecule has 1 unspecified atom stereocenters. The van der Waals surface area contributed by atoms with Gasteiger partial charge in [-0.3, -0.25) is 0 Å². The van der Waals surface area contributed by atoms with Crippen LogP contribution in [0.1, 0.15) is 0 Å². The summed E-state index contributed by atoms with van der Waals surface area (Å²) in [5.74, 6) is 0.903. The first-order valence-electron chi connectivity index (χ1n) is 5.57. The van der Waals surface area contributed by atoms with E-state index in [4.69, 9.17) is 4.74 Å². The third-order valence-electron chi connectivity index (χ3n) is 3.03. The Morgan fingerprint density at radius 3 is 3.29 bits per heavy atom. The van der Waals surface area contributed by atoms with Crippen molar-refractivity contribution < 1.29 is 4.74 Å². The lowest BCUT2D eigenvalue weighted by Crippen LogP contribution is -2.33. The molecule has 2 aromatic rings. The van der Waals surface area contributed by atoms with Crippen molar-refractivity contribution in [1.29, 1.82) is 0 Å². The summed E-state index contributed by atoms with van der Waals surface area (Å²) in [4.78, 5) is 8.54. The van der Waals surface area contributed by atoms with E-state index in [-0.39, 0.29) is 12.1 Å². The lowest BCUT2D eigenvalue weighted by molar-refractivity contribution is 0.111. The maximum atomic E-state index is 5.42. The zero-order valence-corrected chi connectivity index (χ0v) is 10.3. The summed E-state index contributed by atoms with van der Waals surface area (Å²) in [5, 5.41) is 8.78. The van der Waals surface area contributed by atoms with Gasteiger partial charge in [0.15, 0.2) is 0 Å². The average Bonchev–Trinajstić information content (AvgIpc) is 2.97. The van der Waals surface area contributed by atoms with Gasteiger partial charge in [0, 0.05) is 20.2 Å². The highest BCUT2D eigenvalue weighted by molar-refractivity contribution is 7.17. The number of thiophene rings is 1. The second-order valence-electron chi connectivity index (χ2n) is 4.04. The van der Waals surface area contributed by atoms with Crippen molar-refractivity contribution in [1.82, 2.24) is 15.3 Å². The Labute approximate surface area is 103 Å². The molecular weight excluding hydrogens is 236 g/mol. The third-order valence-corrected chi connectivity index (χ3v) is 3.94. The van der Waals surface area contributed by atoms with Gasteiger partial charge in [0.05, 0.1) is 22.4 Å². The average molecular weight is 250 g/mol. The van der Waals surface area contributed by atoms with Crippen LogP contribution < -0.4 is 10.6 Å². The van der Waals surface area contributed by atoms with Crippen LogP contribution in [0.2, 0.25) is 0 Å². The standard InChI is InChI=1S/C11H14N4OS/c1-16-9-5-12-4-8(9)15-11-10-7(2-3-17-10)13-6-14-11/h2-3,6,8-9,12H,4-5H2,1H3,(H,13,14,15)/t8?,9-/m0/s1. The number of rotatable bonds is 3. The Hall–Kier alpha value is -1.24. The van der Waals surface area contributed by atoms with Crippen LogP contribution in [0.4, 0.5) is 5.82 Å². The molecule has 0 saturated carbocycles. The minimum absolute atomic E-state index is 0.194. The molecule has 0 aromatic carbocycles. The highest BCUT2D eigenvalue weighted by Crippen LogP contribution is 2.26. The number of fused-ring (bicyclic) bond motifs is 1. The largest absolute Gasteiger partial charge is 0.378 e. The van der Waals surface area contributed by atoms with Gasteiger partial charge in [-0.15, -0.1) is 11.3 Å². The van der Waals surface area contributed by atoms with Crippen LogP contribution in [-0.2, 0) is 4.74 Å². The second kappa shape index (κ2) is 4.56. The van der Waals surface area contributed by atoms with E-state index in [1.165, 1.54) is 0 Å². The highest BCUT2D eigenvalue weighted by atomic mass is 32.1. The predicted octanol–water partition coefficient (Wildman–Crippen LogP) is 1.09. The molecule has 0 spiro atoms. The van der Waals surface area contributed by atoms with Gasteiger partial charge >= 0.3 is 0 Å². The quantitative estimate of drug-likeness (QED) is 0.854. The van der Waals surface area contributed by atoms with Crippen LogP contribution in [0.15, 0.2) is 17.8 Å².